The highest BCUT2D eigenvalue weighted by atomic mass is 16.5. The van der Waals surface area contributed by atoms with Crippen molar-refractivity contribution in [1.29, 1.82) is 5.26 Å². The molecule has 0 aliphatic carbocycles. The van der Waals surface area contributed by atoms with Crippen molar-refractivity contribution in [2.24, 2.45) is 0 Å². The Morgan fingerprint density at radius 2 is 2.06 bits per heavy atom. The third-order valence-corrected chi connectivity index (χ3v) is 2.30. The van der Waals surface area contributed by atoms with Crippen LogP contribution in [-0.2, 0) is 9.53 Å². The Morgan fingerprint density at radius 1 is 1.39 bits per heavy atom. The second kappa shape index (κ2) is 6.40. The number of rotatable bonds is 4. The maximum atomic E-state index is 12.0. The quantitative estimate of drug-likeness (QED) is 0.748. The molecule has 0 aromatic heterocycles. The summed E-state index contributed by atoms with van der Waals surface area (Å²) < 4.78 is 4.76. The van der Waals surface area contributed by atoms with Gasteiger partial charge in [-0.3, -0.25) is 9.59 Å². The molecule has 0 fully saturated rings. The normalized spacial score (nSPS) is 9.39. The molecule has 0 saturated carbocycles. The van der Waals surface area contributed by atoms with Crippen LogP contribution in [0, 0.1) is 11.3 Å². The van der Waals surface area contributed by atoms with Crippen molar-refractivity contribution in [3.05, 3.63) is 35.4 Å². The van der Waals surface area contributed by atoms with Gasteiger partial charge in [0.05, 0.1) is 23.8 Å². The Bertz CT molecular complexity index is 491. The predicted octanol–water partition coefficient (Wildman–Crippen LogP) is 1.19. The van der Waals surface area contributed by atoms with Crippen molar-refractivity contribution in [2.45, 2.75) is 6.92 Å². The van der Waals surface area contributed by atoms with Crippen LogP contribution in [0.4, 0.5) is 0 Å². The summed E-state index contributed by atoms with van der Waals surface area (Å²) in [6.07, 6.45) is 0. The summed E-state index contributed by atoms with van der Waals surface area (Å²) in [5, 5.41) is 8.90. The molecule has 0 aliphatic rings. The third kappa shape index (κ3) is 3.32. The second-order valence-electron chi connectivity index (χ2n) is 3.62. The Hall–Kier alpha value is -2.35. The first-order valence-electron chi connectivity index (χ1n) is 5.50. The standard InChI is InChI=1S/C13H14N2O3/c1-3-18-12(16)9-15(2)13(17)11-7-5-4-6-10(11)8-14/h4-7H,3,9H2,1-2H3. The molecular weight excluding hydrogens is 232 g/mol. The number of amides is 1. The first-order chi connectivity index (χ1) is 8.60. The molecule has 18 heavy (non-hydrogen) atoms. The molecule has 0 radical (unpaired) electrons. The number of hydrogen-bond acceptors (Lipinski definition) is 4. The van der Waals surface area contributed by atoms with Gasteiger partial charge in [0.25, 0.3) is 5.91 Å². The number of ether oxygens (including phenoxy) is 1. The number of carbonyl (C=O) groups excluding carboxylic acids is 2. The minimum absolute atomic E-state index is 0.133. The van der Waals surface area contributed by atoms with Crippen LogP contribution in [-0.4, -0.2) is 37.0 Å². The van der Waals surface area contributed by atoms with Crippen molar-refractivity contribution >= 4 is 11.9 Å². The fourth-order valence-electron chi connectivity index (χ4n) is 1.44. The number of esters is 1. The smallest absolute Gasteiger partial charge is 0.325 e. The highest BCUT2D eigenvalue weighted by Gasteiger charge is 2.17. The van der Waals surface area contributed by atoms with Crippen molar-refractivity contribution in [1.82, 2.24) is 4.90 Å². The highest BCUT2D eigenvalue weighted by Crippen LogP contribution is 2.09. The van der Waals surface area contributed by atoms with Gasteiger partial charge in [-0.05, 0) is 19.1 Å². The summed E-state index contributed by atoms with van der Waals surface area (Å²) in [6, 6.07) is 8.42. The van der Waals surface area contributed by atoms with Gasteiger partial charge in [0.1, 0.15) is 6.54 Å². The maximum Gasteiger partial charge on any atom is 0.325 e. The minimum Gasteiger partial charge on any atom is -0.465 e. The van der Waals surface area contributed by atoms with Gasteiger partial charge in [0.2, 0.25) is 0 Å². The fraction of sp³-hybridized carbons (Fsp3) is 0.308. The summed E-state index contributed by atoms with van der Waals surface area (Å²) in [4.78, 5) is 24.5. The van der Waals surface area contributed by atoms with Gasteiger partial charge >= 0.3 is 5.97 Å². The van der Waals surface area contributed by atoms with Crippen LogP contribution < -0.4 is 0 Å². The highest BCUT2D eigenvalue weighted by molar-refractivity contribution is 5.97. The lowest BCUT2D eigenvalue weighted by molar-refractivity contribution is -0.143. The van der Waals surface area contributed by atoms with E-state index in [1.165, 1.54) is 11.9 Å². The second-order valence-corrected chi connectivity index (χ2v) is 3.62. The lowest BCUT2D eigenvalue weighted by Gasteiger charge is -2.16. The topological polar surface area (TPSA) is 70.4 Å². The molecule has 5 heteroatoms. The van der Waals surface area contributed by atoms with Crippen LogP contribution >= 0.6 is 0 Å². The lowest BCUT2D eigenvalue weighted by atomic mass is 10.1. The molecule has 0 unspecified atom stereocenters. The van der Waals surface area contributed by atoms with Crippen molar-refractivity contribution < 1.29 is 14.3 Å². The van der Waals surface area contributed by atoms with Gasteiger partial charge in [-0.1, -0.05) is 12.1 Å². The molecule has 0 N–H and O–H groups in total. The van der Waals surface area contributed by atoms with E-state index in [0.29, 0.717) is 5.56 Å². The SMILES string of the molecule is CCOC(=O)CN(C)C(=O)c1ccccc1C#N. The van der Waals surface area contributed by atoms with E-state index in [2.05, 4.69) is 0 Å². The summed E-state index contributed by atoms with van der Waals surface area (Å²) in [7, 11) is 1.49. The number of nitrogens with zero attached hydrogens (tertiary/aromatic N) is 2. The molecule has 5 nitrogen and oxygen atoms in total. The number of benzene rings is 1. The molecule has 1 amide bonds. The predicted molar refractivity (Wildman–Crippen MR) is 64.8 cm³/mol. The number of carbonyl (C=O) groups is 2. The lowest BCUT2D eigenvalue weighted by Crippen LogP contribution is -2.33. The van der Waals surface area contributed by atoms with Crippen molar-refractivity contribution in [2.75, 3.05) is 20.2 Å². The van der Waals surface area contributed by atoms with Gasteiger partial charge in [0.15, 0.2) is 0 Å². The van der Waals surface area contributed by atoms with Gasteiger partial charge < -0.3 is 9.64 Å². The van der Waals surface area contributed by atoms with E-state index in [1.54, 1.807) is 31.2 Å². The van der Waals surface area contributed by atoms with E-state index in [0.717, 1.165) is 0 Å². The van der Waals surface area contributed by atoms with Crippen LogP contribution in [0.15, 0.2) is 24.3 Å². The van der Waals surface area contributed by atoms with E-state index in [4.69, 9.17) is 10.00 Å². The molecule has 0 bridgehead atoms. The first kappa shape index (κ1) is 13.7. The van der Waals surface area contributed by atoms with E-state index in [1.807, 2.05) is 6.07 Å². The monoisotopic (exact) mass is 246 g/mol. The average Bonchev–Trinajstić information content (AvgIpc) is 2.38. The van der Waals surface area contributed by atoms with Gasteiger partial charge in [-0.2, -0.15) is 5.26 Å². The number of likely N-dealkylation sites (N-methyl/N-ethyl adjacent to an activating group) is 1. The van der Waals surface area contributed by atoms with E-state index < -0.39 is 5.97 Å². The van der Waals surface area contributed by atoms with Gasteiger partial charge in [-0.25, -0.2) is 0 Å². The van der Waals surface area contributed by atoms with Gasteiger partial charge in [0, 0.05) is 7.05 Å². The van der Waals surface area contributed by atoms with E-state index >= 15 is 0 Å². The minimum atomic E-state index is -0.470. The molecule has 1 aromatic rings. The molecule has 1 rings (SSSR count). The molecule has 0 aliphatic heterocycles. The third-order valence-electron chi connectivity index (χ3n) is 2.30. The zero-order valence-electron chi connectivity index (χ0n) is 10.3. The van der Waals surface area contributed by atoms with Crippen LogP contribution in [0.5, 0.6) is 0 Å². The zero-order chi connectivity index (χ0) is 13.5. The molecule has 0 heterocycles. The molecule has 0 spiro atoms. The Balaban J connectivity index is 2.81. The molecule has 0 saturated heterocycles. The molecule has 1 aromatic carbocycles. The summed E-state index contributed by atoms with van der Waals surface area (Å²) in [5.41, 5.74) is 0.574. The van der Waals surface area contributed by atoms with Gasteiger partial charge in [-0.15, -0.1) is 0 Å². The van der Waals surface area contributed by atoms with Crippen molar-refractivity contribution in [3.63, 3.8) is 0 Å². The zero-order valence-corrected chi connectivity index (χ0v) is 10.3. The number of nitriles is 1. The Labute approximate surface area is 106 Å². The molecular formula is C13H14N2O3. The maximum absolute atomic E-state index is 12.0. The van der Waals surface area contributed by atoms with E-state index in [-0.39, 0.29) is 24.6 Å². The Morgan fingerprint density at radius 3 is 2.67 bits per heavy atom. The largest absolute Gasteiger partial charge is 0.465 e. The fourth-order valence-corrected chi connectivity index (χ4v) is 1.44. The summed E-state index contributed by atoms with van der Waals surface area (Å²) in [6.45, 7) is 1.84. The van der Waals surface area contributed by atoms with Crippen LogP contribution in [0.25, 0.3) is 0 Å². The summed E-state index contributed by atoms with van der Waals surface area (Å²) >= 11 is 0. The summed E-state index contributed by atoms with van der Waals surface area (Å²) in [5.74, 6) is -0.844. The van der Waals surface area contributed by atoms with Crippen molar-refractivity contribution in [3.8, 4) is 6.07 Å². The Kier molecular flexibility index (Phi) is 4.88. The van der Waals surface area contributed by atoms with Crippen LogP contribution in [0.2, 0.25) is 0 Å². The average molecular weight is 246 g/mol. The first-order valence-corrected chi connectivity index (χ1v) is 5.50. The van der Waals surface area contributed by atoms with Crippen LogP contribution in [0.1, 0.15) is 22.8 Å². The van der Waals surface area contributed by atoms with E-state index in [9.17, 15) is 9.59 Å². The number of hydrogen-bond donors (Lipinski definition) is 0. The molecule has 0 atom stereocenters. The molecule has 94 valence electrons. The van der Waals surface area contributed by atoms with Crippen LogP contribution in [0.3, 0.4) is 0 Å².